The van der Waals surface area contributed by atoms with Crippen molar-refractivity contribution in [2.24, 2.45) is 0 Å². The van der Waals surface area contributed by atoms with Gasteiger partial charge in [0.25, 0.3) is 0 Å². The van der Waals surface area contributed by atoms with E-state index in [0.29, 0.717) is 5.75 Å². The molecule has 0 aliphatic heterocycles. The van der Waals surface area contributed by atoms with Gasteiger partial charge >= 0.3 is 0 Å². The lowest BCUT2D eigenvalue weighted by molar-refractivity contribution is 0.471. The van der Waals surface area contributed by atoms with Gasteiger partial charge in [-0.05, 0) is 61.2 Å². The lowest BCUT2D eigenvalue weighted by atomic mass is 10.1. The van der Waals surface area contributed by atoms with Crippen molar-refractivity contribution in [2.45, 2.75) is 27.3 Å². The molecule has 1 aromatic heterocycles. The zero-order valence-electron chi connectivity index (χ0n) is 11.0. The van der Waals surface area contributed by atoms with Crippen molar-refractivity contribution in [3.8, 4) is 5.75 Å². The first-order valence-corrected chi connectivity index (χ1v) is 6.01. The lowest BCUT2D eigenvalue weighted by Gasteiger charge is -2.12. The van der Waals surface area contributed by atoms with Crippen LogP contribution in [-0.4, -0.2) is 10.1 Å². The number of phenols is 1. The number of aryl methyl sites for hydroxylation is 3. The minimum atomic E-state index is 0.343. The predicted octanol–water partition coefficient (Wildman–Crippen LogP) is 3.32. The fourth-order valence-corrected chi connectivity index (χ4v) is 1.86. The summed E-state index contributed by atoms with van der Waals surface area (Å²) in [7, 11) is 0. The topological polar surface area (TPSA) is 45.2 Å². The van der Waals surface area contributed by atoms with E-state index in [9.17, 15) is 5.11 Å². The van der Waals surface area contributed by atoms with Crippen molar-refractivity contribution in [1.82, 2.24) is 4.98 Å². The van der Waals surface area contributed by atoms with Crippen LogP contribution in [0, 0.1) is 20.8 Å². The standard InChI is InChI=1S/C15H18N2O/c1-10-4-5-16-8-13(10)9-17-14-6-12(3)15(18)7-11(14)2/h4-8,17-18H,9H2,1-3H3. The maximum atomic E-state index is 9.62. The predicted molar refractivity (Wildman–Crippen MR) is 73.9 cm³/mol. The largest absolute Gasteiger partial charge is 0.508 e. The van der Waals surface area contributed by atoms with Gasteiger partial charge in [0.2, 0.25) is 0 Å². The summed E-state index contributed by atoms with van der Waals surface area (Å²) in [6.45, 7) is 6.70. The van der Waals surface area contributed by atoms with Crippen LogP contribution in [0.3, 0.4) is 0 Å². The van der Waals surface area contributed by atoms with Crippen molar-refractivity contribution in [3.05, 3.63) is 52.8 Å². The molecule has 2 aromatic rings. The highest BCUT2D eigenvalue weighted by molar-refractivity contribution is 5.56. The van der Waals surface area contributed by atoms with Crippen LogP contribution in [0.2, 0.25) is 0 Å². The summed E-state index contributed by atoms with van der Waals surface area (Å²) < 4.78 is 0. The van der Waals surface area contributed by atoms with Crippen LogP contribution < -0.4 is 5.32 Å². The van der Waals surface area contributed by atoms with Crippen LogP contribution in [0.25, 0.3) is 0 Å². The third kappa shape index (κ3) is 2.62. The molecule has 0 aliphatic carbocycles. The fraction of sp³-hybridized carbons (Fsp3) is 0.267. The third-order valence-electron chi connectivity index (χ3n) is 3.16. The normalized spacial score (nSPS) is 10.4. The number of hydrogen-bond acceptors (Lipinski definition) is 3. The van der Waals surface area contributed by atoms with E-state index in [1.165, 1.54) is 11.1 Å². The molecule has 18 heavy (non-hydrogen) atoms. The molecule has 0 aliphatic rings. The molecule has 0 fully saturated rings. The number of rotatable bonds is 3. The number of benzene rings is 1. The van der Waals surface area contributed by atoms with E-state index in [-0.39, 0.29) is 0 Å². The SMILES string of the molecule is Cc1cc(NCc2cnccc2C)c(C)cc1O. The lowest BCUT2D eigenvalue weighted by Crippen LogP contribution is -2.03. The molecule has 3 heteroatoms. The molecule has 0 amide bonds. The van der Waals surface area contributed by atoms with Crippen molar-refractivity contribution in [3.63, 3.8) is 0 Å². The highest BCUT2D eigenvalue weighted by atomic mass is 16.3. The minimum absolute atomic E-state index is 0.343. The second-order valence-electron chi connectivity index (χ2n) is 4.61. The molecular weight excluding hydrogens is 224 g/mol. The number of nitrogens with one attached hydrogen (secondary N) is 1. The fourth-order valence-electron chi connectivity index (χ4n) is 1.86. The molecule has 94 valence electrons. The third-order valence-corrected chi connectivity index (χ3v) is 3.16. The van der Waals surface area contributed by atoms with E-state index in [1.54, 1.807) is 12.3 Å². The number of hydrogen-bond donors (Lipinski definition) is 2. The molecule has 0 saturated heterocycles. The summed E-state index contributed by atoms with van der Waals surface area (Å²) in [5.74, 6) is 0.343. The molecule has 0 atom stereocenters. The molecule has 1 aromatic carbocycles. The van der Waals surface area contributed by atoms with Gasteiger partial charge in [0.15, 0.2) is 0 Å². The molecule has 2 N–H and O–H groups in total. The second kappa shape index (κ2) is 5.08. The monoisotopic (exact) mass is 242 g/mol. The number of phenolic OH excluding ortho intramolecular Hbond substituents is 1. The number of nitrogens with zero attached hydrogens (tertiary/aromatic N) is 1. The van der Waals surface area contributed by atoms with Gasteiger partial charge in [-0.1, -0.05) is 0 Å². The Morgan fingerprint density at radius 2 is 1.89 bits per heavy atom. The van der Waals surface area contributed by atoms with Crippen LogP contribution in [0.15, 0.2) is 30.6 Å². The van der Waals surface area contributed by atoms with Crippen LogP contribution in [0.4, 0.5) is 5.69 Å². The van der Waals surface area contributed by atoms with Gasteiger partial charge in [-0.25, -0.2) is 0 Å². The smallest absolute Gasteiger partial charge is 0.118 e. The van der Waals surface area contributed by atoms with Gasteiger partial charge in [0, 0.05) is 24.6 Å². The summed E-state index contributed by atoms with van der Waals surface area (Å²) >= 11 is 0. The summed E-state index contributed by atoms with van der Waals surface area (Å²) in [6.07, 6.45) is 3.68. The van der Waals surface area contributed by atoms with E-state index >= 15 is 0 Å². The van der Waals surface area contributed by atoms with Crippen molar-refractivity contribution < 1.29 is 5.11 Å². The van der Waals surface area contributed by atoms with E-state index < -0.39 is 0 Å². The summed E-state index contributed by atoms with van der Waals surface area (Å²) in [5.41, 5.74) is 5.38. The first kappa shape index (κ1) is 12.4. The van der Waals surface area contributed by atoms with Crippen LogP contribution in [0.5, 0.6) is 5.75 Å². The summed E-state index contributed by atoms with van der Waals surface area (Å²) in [4.78, 5) is 4.13. The number of anilines is 1. The maximum absolute atomic E-state index is 9.62. The average molecular weight is 242 g/mol. The Morgan fingerprint density at radius 1 is 1.11 bits per heavy atom. The maximum Gasteiger partial charge on any atom is 0.118 e. The summed E-state index contributed by atoms with van der Waals surface area (Å²) in [6, 6.07) is 5.76. The zero-order chi connectivity index (χ0) is 13.1. The van der Waals surface area contributed by atoms with Crippen molar-refractivity contribution in [2.75, 3.05) is 5.32 Å². The van der Waals surface area contributed by atoms with Crippen LogP contribution in [-0.2, 0) is 6.54 Å². The van der Waals surface area contributed by atoms with Gasteiger partial charge in [-0.15, -0.1) is 0 Å². The van der Waals surface area contributed by atoms with E-state index in [2.05, 4.69) is 17.2 Å². The molecule has 2 rings (SSSR count). The molecular formula is C15H18N2O. The molecule has 3 nitrogen and oxygen atoms in total. The molecule has 0 radical (unpaired) electrons. The molecule has 0 spiro atoms. The Balaban J connectivity index is 2.16. The number of aromatic hydroxyl groups is 1. The minimum Gasteiger partial charge on any atom is -0.508 e. The van der Waals surface area contributed by atoms with Gasteiger partial charge in [-0.2, -0.15) is 0 Å². The Labute approximate surface area is 108 Å². The molecule has 0 unspecified atom stereocenters. The average Bonchev–Trinajstić information content (AvgIpc) is 2.34. The Hall–Kier alpha value is -2.03. The molecule has 0 bridgehead atoms. The zero-order valence-corrected chi connectivity index (χ0v) is 11.0. The first-order valence-electron chi connectivity index (χ1n) is 6.01. The van der Waals surface area contributed by atoms with Crippen LogP contribution >= 0.6 is 0 Å². The second-order valence-corrected chi connectivity index (χ2v) is 4.61. The van der Waals surface area contributed by atoms with Gasteiger partial charge in [0.1, 0.15) is 5.75 Å². The van der Waals surface area contributed by atoms with E-state index in [4.69, 9.17) is 0 Å². The first-order chi connectivity index (χ1) is 8.58. The van der Waals surface area contributed by atoms with Crippen molar-refractivity contribution in [1.29, 1.82) is 0 Å². The van der Waals surface area contributed by atoms with Crippen LogP contribution in [0.1, 0.15) is 22.3 Å². The highest BCUT2D eigenvalue weighted by Gasteiger charge is 2.04. The molecule has 0 saturated carbocycles. The van der Waals surface area contributed by atoms with Gasteiger partial charge in [0.05, 0.1) is 0 Å². The van der Waals surface area contributed by atoms with Gasteiger partial charge < -0.3 is 10.4 Å². The Morgan fingerprint density at radius 3 is 2.61 bits per heavy atom. The number of aromatic nitrogens is 1. The quantitative estimate of drug-likeness (QED) is 0.811. The van der Waals surface area contributed by atoms with E-state index in [1.807, 2.05) is 32.2 Å². The number of pyridine rings is 1. The Bertz CT molecular complexity index is 564. The summed E-state index contributed by atoms with van der Waals surface area (Å²) in [5, 5.41) is 13.0. The van der Waals surface area contributed by atoms with Crippen molar-refractivity contribution >= 4 is 5.69 Å². The Kier molecular flexibility index (Phi) is 3.51. The van der Waals surface area contributed by atoms with Gasteiger partial charge in [-0.3, -0.25) is 4.98 Å². The van der Waals surface area contributed by atoms with E-state index in [0.717, 1.165) is 23.4 Å². The highest BCUT2D eigenvalue weighted by Crippen LogP contribution is 2.25. The molecule has 1 heterocycles.